The third-order valence-corrected chi connectivity index (χ3v) is 3.34. The molecule has 2 heteroatoms. The van der Waals surface area contributed by atoms with Crippen molar-refractivity contribution in [3.8, 4) is 12.3 Å². The summed E-state index contributed by atoms with van der Waals surface area (Å²) in [6, 6.07) is 2.02. The smallest absolute Gasteiger partial charge is 0.0526 e. The van der Waals surface area contributed by atoms with E-state index in [0.717, 1.165) is 4.47 Å². The Morgan fingerprint density at radius 2 is 2.50 bits per heavy atom. The van der Waals surface area contributed by atoms with Crippen LogP contribution < -0.4 is 0 Å². The monoisotopic (exact) mass is 214 g/mol. The Bertz CT molecular complexity index is 256. The molecule has 0 aliphatic rings. The first-order chi connectivity index (χ1) is 4.75. The van der Waals surface area contributed by atoms with Gasteiger partial charge in [0, 0.05) is 9.35 Å². The predicted molar refractivity (Wildman–Crippen MR) is 49.3 cm³/mol. The van der Waals surface area contributed by atoms with E-state index in [2.05, 4.69) is 21.9 Å². The van der Waals surface area contributed by atoms with Crippen LogP contribution in [0.5, 0.6) is 0 Å². The van der Waals surface area contributed by atoms with Crippen LogP contribution in [0.1, 0.15) is 17.7 Å². The molecule has 1 atom stereocenters. The second kappa shape index (κ2) is 3.23. The molecule has 0 fully saturated rings. The minimum absolute atomic E-state index is 0.231. The van der Waals surface area contributed by atoms with Crippen LogP contribution in [0.25, 0.3) is 0 Å². The molecule has 52 valence electrons. The molecule has 0 aliphatic carbocycles. The maximum absolute atomic E-state index is 5.27. The molecule has 0 radical (unpaired) electrons. The topological polar surface area (TPSA) is 0 Å². The maximum atomic E-state index is 5.27. The van der Waals surface area contributed by atoms with Crippen molar-refractivity contribution < 1.29 is 0 Å². The van der Waals surface area contributed by atoms with Crippen molar-refractivity contribution in [1.82, 2.24) is 0 Å². The quantitative estimate of drug-likeness (QED) is 0.631. The molecule has 0 amide bonds. The Balaban J connectivity index is 2.96. The van der Waals surface area contributed by atoms with Crippen LogP contribution in [0, 0.1) is 12.3 Å². The van der Waals surface area contributed by atoms with Gasteiger partial charge in [-0.25, -0.2) is 0 Å². The van der Waals surface area contributed by atoms with Crippen molar-refractivity contribution in [1.29, 1.82) is 0 Å². The van der Waals surface area contributed by atoms with Crippen molar-refractivity contribution in [2.24, 2.45) is 0 Å². The van der Waals surface area contributed by atoms with E-state index < -0.39 is 0 Å². The first-order valence-electron chi connectivity index (χ1n) is 2.94. The molecule has 1 aromatic heterocycles. The van der Waals surface area contributed by atoms with E-state index in [1.807, 2.05) is 18.4 Å². The molecule has 0 aliphatic heterocycles. The van der Waals surface area contributed by atoms with Crippen LogP contribution in [-0.2, 0) is 0 Å². The zero-order valence-corrected chi connectivity index (χ0v) is 8.00. The summed E-state index contributed by atoms with van der Waals surface area (Å²) in [4.78, 5) is 1.24. The second-order valence-corrected chi connectivity index (χ2v) is 3.82. The highest BCUT2D eigenvalue weighted by Gasteiger charge is 2.06. The summed E-state index contributed by atoms with van der Waals surface area (Å²) in [6.45, 7) is 2.02. The van der Waals surface area contributed by atoms with Gasteiger partial charge in [0.25, 0.3) is 0 Å². The summed E-state index contributed by atoms with van der Waals surface area (Å²) < 4.78 is 1.13. The fourth-order valence-corrected chi connectivity index (χ4v) is 2.42. The van der Waals surface area contributed by atoms with Crippen LogP contribution >= 0.6 is 27.3 Å². The molecule has 0 bridgehead atoms. The highest BCUT2D eigenvalue weighted by molar-refractivity contribution is 9.10. The largest absolute Gasteiger partial charge is 0.146 e. The first-order valence-corrected chi connectivity index (χ1v) is 4.62. The maximum Gasteiger partial charge on any atom is 0.0526 e. The minimum atomic E-state index is 0.231. The van der Waals surface area contributed by atoms with Crippen LogP contribution in [0.15, 0.2) is 15.9 Å². The summed E-state index contributed by atoms with van der Waals surface area (Å²) in [5.74, 6) is 2.92. The summed E-state index contributed by atoms with van der Waals surface area (Å²) in [5, 5.41) is 2.03. The van der Waals surface area contributed by atoms with E-state index in [9.17, 15) is 0 Å². The number of halogens is 1. The van der Waals surface area contributed by atoms with E-state index in [-0.39, 0.29) is 5.92 Å². The van der Waals surface area contributed by atoms with E-state index in [1.54, 1.807) is 11.3 Å². The molecule has 1 rings (SSSR count). The third-order valence-electron chi connectivity index (χ3n) is 1.29. The van der Waals surface area contributed by atoms with Gasteiger partial charge in [-0.05, 0) is 34.3 Å². The predicted octanol–water partition coefficient (Wildman–Crippen LogP) is 3.25. The van der Waals surface area contributed by atoms with Gasteiger partial charge < -0.3 is 0 Å². The zero-order valence-electron chi connectivity index (χ0n) is 5.60. The first kappa shape index (κ1) is 7.84. The van der Waals surface area contributed by atoms with Crippen molar-refractivity contribution >= 4 is 27.3 Å². The van der Waals surface area contributed by atoms with Gasteiger partial charge >= 0.3 is 0 Å². The summed E-state index contributed by atoms with van der Waals surface area (Å²) in [7, 11) is 0. The summed E-state index contributed by atoms with van der Waals surface area (Å²) >= 11 is 5.12. The molecule has 0 aromatic carbocycles. The molecule has 0 N–H and O–H groups in total. The van der Waals surface area contributed by atoms with E-state index in [4.69, 9.17) is 6.42 Å². The number of rotatable bonds is 1. The number of terminal acetylenes is 1. The van der Waals surface area contributed by atoms with Crippen molar-refractivity contribution in [2.45, 2.75) is 12.8 Å². The van der Waals surface area contributed by atoms with Crippen molar-refractivity contribution in [3.63, 3.8) is 0 Å². The number of hydrogen-bond acceptors (Lipinski definition) is 1. The van der Waals surface area contributed by atoms with Gasteiger partial charge in [-0.1, -0.05) is 5.92 Å². The van der Waals surface area contributed by atoms with E-state index in [0.29, 0.717) is 0 Å². The van der Waals surface area contributed by atoms with Gasteiger partial charge in [0.15, 0.2) is 0 Å². The average Bonchev–Trinajstić information content (AvgIpc) is 2.34. The SMILES string of the molecule is C#CC(C)c1sccc1Br. The molecule has 1 heterocycles. The third kappa shape index (κ3) is 1.42. The average molecular weight is 215 g/mol. The molecule has 0 saturated heterocycles. The Kier molecular flexibility index (Phi) is 2.53. The van der Waals surface area contributed by atoms with E-state index in [1.165, 1.54) is 4.88 Å². The van der Waals surface area contributed by atoms with Crippen molar-refractivity contribution in [2.75, 3.05) is 0 Å². The molecular weight excluding hydrogens is 208 g/mol. The summed E-state index contributed by atoms with van der Waals surface area (Å²) in [6.07, 6.45) is 5.27. The van der Waals surface area contributed by atoms with Crippen LogP contribution in [-0.4, -0.2) is 0 Å². The molecule has 1 unspecified atom stereocenters. The van der Waals surface area contributed by atoms with Crippen LogP contribution in [0.3, 0.4) is 0 Å². The Hall–Kier alpha value is -0.260. The lowest BCUT2D eigenvalue weighted by Crippen LogP contribution is -1.83. The Labute approximate surface area is 73.4 Å². The standard InChI is InChI=1S/C8H7BrS/c1-3-6(2)8-7(9)4-5-10-8/h1,4-6H,2H3. The van der Waals surface area contributed by atoms with Crippen LogP contribution in [0.2, 0.25) is 0 Å². The lowest BCUT2D eigenvalue weighted by atomic mass is 10.1. The van der Waals surface area contributed by atoms with Gasteiger partial charge in [0.2, 0.25) is 0 Å². The van der Waals surface area contributed by atoms with Crippen molar-refractivity contribution in [3.05, 3.63) is 20.8 Å². The normalized spacial score (nSPS) is 12.5. The fourth-order valence-electron chi connectivity index (χ4n) is 0.690. The molecule has 10 heavy (non-hydrogen) atoms. The van der Waals surface area contributed by atoms with Gasteiger partial charge in [0.05, 0.1) is 5.92 Å². The Morgan fingerprint density at radius 1 is 1.80 bits per heavy atom. The molecule has 0 saturated carbocycles. The van der Waals surface area contributed by atoms with Gasteiger partial charge in [-0.2, -0.15) is 0 Å². The lowest BCUT2D eigenvalue weighted by molar-refractivity contribution is 1.03. The zero-order chi connectivity index (χ0) is 7.56. The van der Waals surface area contributed by atoms with Gasteiger partial charge in [0.1, 0.15) is 0 Å². The molecule has 0 spiro atoms. The van der Waals surface area contributed by atoms with E-state index >= 15 is 0 Å². The van der Waals surface area contributed by atoms with Gasteiger partial charge in [-0.3, -0.25) is 0 Å². The molecule has 1 aromatic rings. The highest BCUT2D eigenvalue weighted by Crippen LogP contribution is 2.29. The molecular formula is C8H7BrS. The van der Waals surface area contributed by atoms with Crippen LogP contribution in [0.4, 0.5) is 0 Å². The minimum Gasteiger partial charge on any atom is -0.146 e. The summed E-state index contributed by atoms with van der Waals surface area (Å²) in [5.41, 5.74) is 0. The fraction of sp³-hybridized carbons (Fsp3) is 0.250. The number of thiophene rings is 1. The highest BCUT2D eigenvalue weighted by atomic mass is 79.9. The Morgan fingerprint density at radius 3 is 2.90 bits per heavy atom. The molecule has 0 nitrogen and oxygen atoms in total. The van der Waals surface area contributed by atoms with Gasteiger partial charge in [-0.15, -0.1) is 17.8 Å². The lowest BCUT2D eigenvalue weighted by Gasteiger charge is -1.98. The number of hydrogen-bond donors (Lipinski definition) is 0. The second-order valence-electron chi connectivity index (χ2n) is 2.02.